The van der Waals surface area contributed by atoms with Gasteiger partial charge in [0.15, 0.2) is 17.5 Å². The van der Waals surface area contributed by atoms with Crippen LogP contribution in [0.4, 0.5) is 17.1 Å². The molecule has 0 radical (unpaired) electrons. The van der Waals surface area contributed by atoms with Gasteiger partial charge in [-0.25, -0.2) is 15.0 Å². The number of hydrogen-bond acceptors (Lipinski definition) is 6. The van der Waals surface area contributed by atoms with Gasteiger partial charge in [-0.3, -0.25) is 0 Å². The Balaban J connectivity index is 1.03. The molecule has 0 fully saturated rings. The topological polar surface area (TPSA) is 68.2 Å². The van der Waals surface area contributed by atoms with Gasteiger partial charge in [-0.2, -0.15) is 0 Å². The van der Waals surface area contributed by atoms with Crippen LogP contribution in [0.1, 0.15) is 0 Å². The SMILES string of the molecule is c1ccc(-c2nc(-c3ccccc3)nc(-c3cccc4oc5cc(-c6cccc7oc8cc(N(c9ccccc9)c9ccccc9)ccc8c67)ccc5c34)n2)cc1. The van der Waals surface area contributed by atoms with Crippen LogP contribution < -0.4 is 4.90 Å². The van der Waals surface area contributed by atoms with E-state index in [1.807, 2.05) is 91.0 Å². The summed E-state index contributed by atoms with van der Waals surface area (Å²) in [4.78, 5) is 17.2. The van der Waals surface area contributed by atoms with Crippen LogP contribution in [-0.4, -0.2) is 15.0 Å². The van der Waals surface area contributed by atoms with Gasteiger partial charge in [0.2, 0.25) is 0 Å². The molecule has 3 heterocycles. The van der Waals surface area contributed by atoms with Gasteiger partial charge < -0.3 is 13.7 Å². The smallest absolute Gasteiger partial charge is 0.164 e. The molecule has 6 nitrogen and oxygen atoms in total. The number of hydrogen-bond donors (Lipinski definition) is 0. The maximum absolute atomic E-state index is 6.61. The van der Waals surface area contributed by atoms with Crippen molar-refractivity contribution in [2.75, 3.05) is 4.90 Å². The second kappa shape index (κ2) is 13.5. The molecular weight excluding hydrogens is 701 g/mol. The first-order valence-corrected chi connectivity index (χ1v) is 18.9. The largest absolute Gasteiger partial charge is 0.456 e. The minimum absolute atomic E-state index is 0.590. The van der Waals surface area contributed by atoms with Gasteiger partial charge in [-0.15, -0.1) is 0 Å². The number of fused-ring (bicyclic) bond motifs is 6. The Hall–Kier alpha value is -7.83. The number of furan rings is 2. The lowest BCUT2D eigenvalue weighted by Crippen LogP contribution is -2.09. The first-order chi connectivity index (χ1) is 28.2. The summed E-state index contributed by atoms with van der Waals surface area (Å²) >= 11 is 0. The molecule has 268 valence electrons. The lowest BCUT2D eigenvalue weighted by atomic mass is 9.97. The summed E-state index contributed by atoms with van der Waals surface area (Å²) in [6.07, 6.45) is 0. The molecule has 0 saturated heterocycles. The van der Waals surface area contributed by atoms with Gasteiger partial charge in [0.1, 0.15) is 22.3 Å². The standard InChI is InChI=1S/C51H32N4O2/c1-5-15-33(16-6-1)49-52-50(34-17-7-2-8-18-34)54-51(53-49)42-24-14-26-44-48(42)40-29-27-35(31-45(40)56-44)39-23-13-25-43-47(39)41-30-28-38(32-46(41)57-43)55(36-19-9-3-10-20-36)37-21-11-4-12-22-37/h1-32H. The fourth-order valence-corrected chi connectivity index (χ4v) is 7.90. The van der Waals surface area contributed by atoms with Gasteiger partial charge in [-0.05, 0) is 71.8 Å². The highest BCUT2D eigenvalue weighted by molar-refractivity contribution is 6.16. The maximum Gasteiger partial charge on any atom is 0.164 e. The molecule has 0 aliphatic heterocycles. The van der Waals surface area contributed by atoms with Crippen molar-refractivity contribution in [1.29, 1.82) is 0 Å². The summed E-state index contributed by atoms with van der Waals surface area (Å²) in [7, 11) is 0. The van der Waals surface area contributed by atoms with Crippen LogP contribution in [0.25, 0.3) is 89.2 Å². The van der Waals surface area contributed by atoms with E-state index in [0.717, 1.165) is 88.8 Å². The number of nitrogens with zero attached hydrogens (tertiary/aromatic N) is 4. The average Bonchev–Trinajstić information content (AvgIpc) is 3.85. The second-order valence-corrected chi connectivity index (χ2v) is 14.0. The van der Waals surface area contributed by atoms with Crippen molar-refractivity contribution < 1.29 is 8.83 Å². The third-order valence-corrected chi connectivity index (χ3v) is 10.5. The van der Waals surface area contributed by atoms with Crippen LogP contribution in [0.3, 0.4) is 0 Å². The molecule has 0 N–H and O–H groups in total. The molecule has 6 heteroatoms. The monoisotopic (exact) mass is 732 g/mol. The molecule has 0 saturated carbocycles. The maximum atomic E-state index is 6.61. The zero-order valence-electron chi connectivity index (χ0n) is 30.6. The summed E-state index contributed by atoms with van der Waals surface area (Å²) < 4.78 is 13.2. The fourth-order valence-electron chi connectivity index (χ4n) is 7.90. The summed E-state index contributed by atoms with van der Waals surface area (Å²) in [6.45, 7) is 0. The van der Waals surface area contributed by atoms with Crippen LogP contribution in [0.15, 0.2) is 203 Å². The van der Waals surface area contributed by atoms with Gasteiger partial charge >= 0.3 is 0 Å². The minimum Gasteiger partial charge on any atom is -0.456 e. The molecule has 0 bridgehead atoms. The van der Waals surface area contributed by atoms with E-state index in [2.05, 4.69) is 108 Å². The predicted molar refractivity (Wildman–Crippen MR) is 231 cm³/mol. The Morgan fingerprint density at radius 3 is 1.37 bits per heavy atom. The molecule has 3 aromatic heterocycles. The summed E-state index contributed by atoms with van der Waals surface area (Å²) in [5, 5.41) is 4.07. The normalized spacial score (nSPS) is 11.5. The number of benzene rings is 8. The molecule has 0 atom stereocenters. The van der Waals surface area contributed by atoms with Crippen LogP contribution in [0.5, 0.6) is 0 Å². The number of para-hydroxylation sites is 2. The Kier molecular flexibility index (Phi) is 7.71. The molecule has 11 aromatic rings. The molecule has 0 aliphatic carbocycles. The number of anilines is 3. The molecule has 0 aliphatic rings. The molecule has 11 rings (SSSR count). The number of rotatable bonds is 7. The Morgan fingerprint density at radius 2 is 0.789 bits per heavy atom. The van der Waals surface area contributed by atoms with Crippen molar-refractivity contribution in [3.8, 4) is 45.3 Å². The predicted octanol–water partition coefficient (Wildman–Crippen LogP) is 13.8. The van der Waals surface area contributed by atoms with Crippen molar-refractivity contribution in [2.24, 2.45) is 0 Å². The van der Waals surface area contributed by atoms with Gasteiger partial charge in [-0.1, -0.05) is 127 Å². The van der Waals surface area contributed by atoms with Crippen molar-refractivity contribution in [1.82, 2.24) is 15.0 Å². The van der Waals surface area contributed by atoms with Gasteiger partial charge in [0.25, 0.3) is 0 Å². The van der Waals surface area contributed by atoms with Crippen LogP contribution in [-0.2, 0) is 0 Å². The third kappa shape index (κ3) is 5.70. The zero-order chi connectivity index (χ0) is 37.7. The lowest BCUT2D eigenvalue weighted by molar-refractivity contribution is 0.668. The lowest BCUT2D eigenvalue weighted by Gasteiger charge is -2.25. The molecule has 0 amide bonds. The first kappa shape index (κ1) is 32.6. The molecule has 57 heavy (non-hydrogen) atoms. The van der Waals surface area contributed by atoms with Crippen molar-refractivity contribution in [2.45, 2.75) is 0 Å². The van der Waals surface area contributed by atoms with E-state index in [1.54, 1.807) is 0 Å². The zero-order valence-corrected chi connectivity index (χ0v) is 30.6. The molecule has 8 aromatic carbocycles. The molecule has 0 unspecified atom stereocenters. The Labute approximate surface area is 328 Å². The summed E-state index contributed by atoms with van der Waals surface area (Å²) in [5.74, 6) is 1.83. The highest BCUT2D eigenvalue weighted by Crippen LogP contribution is 2.43. The number of aromatic nitrogens is 3. The van der Waals surface area contributed by atoms with Gasteiger partial charge in [0, 0.05) is 61.4 Å². The highest BCUT2D eigenvalue weighted by atomic mass is 16.3. The fraction of sp³-hybridized carbons (Fsp3) is 0. The Morgan fingerprint density at radius 1 is 0.316 bits per heavy atom. The Bertz CT molecular complexity index is 3130. The van der Waals surface area contributed by atoms with E-state index in [4.69, 9.17) is 23.8 Å². The third-order valence-electron chi connectivity index (χ3n) is 10.5. The van der Waals surface area contributed by atoms with Crippen LogP contribution in [0, 0.1) is 0 Å². The quantitative estimate of drug-likeness (QED) is 0.162. The molecular formula is C51H32N4O2. The van der Waals surface area contributed by atoms with E-state index in [1.165, 1.54) is 0 Å². The van der Waals surface area contributed by atoms with E-state index < -0.39 is 0 Å². The summed E-state index contributed by atoms with van der Waals surface area (Å²) in [6, 6.07) is 66.1. The van der Waals surface area contributed by atoms with Crippen LogP contribution >= 0.6 is 0 Å². The minimum atomic E-state index is 0.590. The second-order valence-electron chi connectivity index (χ2n) is 14.0. The van der Waals surface area contributed by atoms with Gasteiger partial charge in [0.05, 0.1) is 0 Å². The van der Waals surface area contributed by atoms with E-state index in [9.17, 15) is 0 Å². The van der Waals surface area contributed by atoms with Crippen molar-refractivity contribution >= 4 is 60.9 Å². The van der Waals surface area contributed by atoms with Crippen LogP contribution in [0.2, 0.25) is 0 Å². The van der Waals surface area contributed by atoms with E-state index in [-0.39, 0.29) is 0 Å². The van der Waals surface area contributed by atoms with E-state index >= 15 is 0 Å². The average molecular weight is 733 g/mol. The van der Waals surface area contributed by atoms with E-state index in [0.29, 0.717) is 17.5 Å². The van der Waals surface area contributed by atoms with Crippen molar-refractivity contribution in [3.63, 3.8) is 0 Å². The summed E-state index contributed by atoms with van der Waals surface area (Å²) in [5.41, 5.74) is 11.2. The highest BCUT2D eigenvalue weighted by Gasteiger charge is 2.20. The first-order valence-electron chi connectivity index (χ1n) is 18.9. The molecule has 0 spiro atoms. The van der Waals surface area contributed by atoms with Crippen molar-refractivity contribution in [3.05, 3.63) is 194 Å².